The Balaban J connectivity index is 1.93. The number of hydrogen-bond acceptors (Lipinski definition) is 3. The molecule has 120 valence electrons. The fourth-order valence-electron chi connectivity index (χ4n) is 2.81. The van der Waals surface area contributed by atoms with Crippen LogP contribution in [0.4, 0.5) is 0 Å². The van der Waals surface area contributed by atoms with Crippen LogP contribution >= 0.6 is 0 Å². The van der Waals surface area contributed by atoms with E-state index in [1.807, 2.05) is 11.8 Å². The zero-order valence-corrected chi connectivity index (χ0v) is 13.0. The predicted octanol–water partition coefficient (Wildman–Crippen LogP) is 2.20. The summed E-state index contributed by atoms with van der Waals surface area (Å²) in [4.78, 5) is 25.3. The highest BCUT2D eigenvalue weighted by Gasteiger charge is 2.23. The second-order valence-electron chi connectivity index (χ2n) is 5.69. The van der Waals surface area contributed by atoms with Gasteiger partial charge < -0.3 is 14.7 Å². The molecule has 5 nitrogen and oxygen atoms in total. The fraction of sp³-hybridized carbons (Fsp3) is 0.529. The van der Waals surface area contributed by atoms with Crippen LogP contribution in [0.3, 0.4) is 0 Å². The lowest BCUT2D eigenvalue weighted by atomic mass is 9.98. The number of benzene rings is 1. The van der Waals surface area contributed by atoms with E-state index in [0.29, 0.717) is 19.1 Å². The molecule has 0 radical (unpaired) electrons. The number of likely N-dealkylation sites (tertiary alicyclic amines) is 1. The first-order valence-corrected chi connectivity index (χ1v) is 7.78. The van der Waals surface area contributed by atoms with Gasteiger partial charge in [-0.1, -0.05) is 12.1 Å². The van der Waals surface area contributed by atoms with E-state index in [-0.39, 0.29) is 17.9 Å². The lowest BCUT2D eigenvalue weighted by molar-refractivity contribution is -0.132. The van der Waals surface area contributed by atoms with E-state index in [1.165, 1.54) is 6.07 Å². The monoisotopic (exact) mass is 305 g/mol. The minimum Gasteiger partial charge on any atom is -0.478 e. The van der Waals surface area contributed by atoms with Gasteiger partial charge in [0.1, 0.15) is 0 Å². The maximum absolute atomic E-state index is 12.4. The van der Waals surface area contributed by atoms with E-state index in [0.717, 1.165) is 31.5 Å². The maximum Gasteiger partial charge on any atom is 0.335 e. The summed E-state index contributed by atoms with van der Waals surface area (Å²) in [5.41, 5.74) is 0.968. The van der Waals surface area contributed by atoms with Crippen molar-refractivity contribution in [3.8, 4) is 0 Å². The van der Waals surface area contributed by atoms with Crippen LogP contribution in [0.15, 0.2) is 24.3 Å². The van der Waals surface area contributed by atoms with Gasteiger partial charge in [-0.3, -0.25) is 4.79 Å². The Morgan fingerprint density at radius 2 is 2.23 bits per heavy atom. The van der Waals surface area contributed by atoms with E-state index in [4.69, 9.17) is 9.84 Å². The first-order valence-electron chi connectivity index (χ1n) is 7.78. The Morgan fingerprint density at radius 3 is 2.95 bits per heavy atom. The third-order valence-corrected chi connectivity index (χ3v) is 3.96. The van der Waals surface area contributed by atoms with Crippen molar-refractivity contribution in [2.45, 2.75) is 26.2 Å². The number of aromatic carboxylic acids is 1. The summed E-state index contributed by atoms with van der Waals surface area (Å²) in [6.07, 6.45) is 2.35. The Kier molecular flexibility index (Phi) is 5.95. The second-order valence-corrected chi connectivity index (χ2v) is 5.69. The van der Waals surface area contributed by atoms with Crippen LogP contribution < -0.4 is 0 Å². The third kappa shape index (κ3) is 4.56. The van der Waals surface area contributed by atoms with E-state index < -0.39 is 5.97 Å². The van der Waals surface area contributed by atoms with Gasteiger partial charge in [0.05, 0.1) is 18.6 Å². The highest BCUT2D eigenvalue weighted by molar-refractivity contribution is 5.88. The molecule has 1 aliphatic heterocycles. The van der Waals surface area contributed by atoms with Gasteiger partial charge in [-0.05, 0) is 43.4 Å². The molecule has 1 aliphatic rings. The fourth-order valence-corrected chi connectivity index (χ4v) is 2.81. The van der Waals surface area contributed by atoms with Crippen LogP contribution in [0, 0.1) is 5.92 Å². The summed E-state index contributed by atoms with van der Waals surface area (Å²) in [6, 6.07) is 6.59. The summed E-state index contributed by atoms with van der Waals surface area (Å²) in [7, 11) is 0. The van der Waals surface area contributed by atoms with Gasteiger partial charge in [0, 0.05) is 19.7 Å². The molecule has 1 amide bonds. The molecule has 0 aromatic heterocycles. The first kappa shape index (κ1) is 16.5. The number of rotatable bonds is 6. The molecule has 1 unspecified atom stereocenters. The number of carboxylic acids is 1. The van der Waals surface area contributed by atoms with Gasteiger partial charge in [0.15, 0.2) is 0 Å². The normalized spacial score (nSPS) is 18.2. The molecular formula is C17H23NO4. The predicted molar refractivity (Wildman–Crippen MR) is 82.9 cm³/mol. The zero-order valence-electron chi connectivity index (χ0n) is 13.0. The molecule has 1 N–H and O–H groups in total. The number of amides is 1. The zero-order chi connectivity index (χ0) is 15.9. The van der Waals surface area contributed by atoms with Crippen molar-refractivity contribution in [1.29, 1.82) is 0 Å². The van der Waals surface area contributed by atoms with Gasteiger partial charge in [0.25, 0.3) is 0 Å². The van der Waals surface area contributed by atoms with Crippen LogP contribution in [-0.4, -0.2) is 48.2 Å². The van der Waals surface area contributed by atoms with Crippen molar-refractivity contribution >= 4 is 11.9 Å². The maximum atomic E-state index is 12.4. The molecule has 2 rings (SSSR count). The van der Waals surface area contributed by atoms with Crippen molar-refractivity contribution < 1.29 is 19.4 Å². The minimum absolute atomic E-state index is 0.0590. The molecule has 0 saturated carbocycles. The largest absolute Gasteiger partial charge is 0.478 e. The van der Waals surface area contributed by atoms with Gasteiger partial charge in [0.2, 0.25) is 5.91 Å². The van der Waals surface area contributed by atoms with Gasteiger partial charge in [-0.25, -0.2) is 4.79 Å². The number of carbonyl (C=O) groups excluding carboxylic acids is 1. The Morgan fingerprint density at radius 1 is 1.41 bits per heavy atom. The molecule has 1 heterocycles. The highest BCUT2D eigenvalue weighted by Crippen LogP contribution is 2.18. The van der Waals surface area contributed by atoms with Gasteiger partial charge in [-0.15, -0.1) is 0 Å². The van der Waals surface area contributed by atoms with Crippen LogP contribution in [0.2, 0.25) is 0 Å². The Labute approximate surface area is 130 Å². The average Bonchev–Trinajstić information content (AvgIpc) is 2.53. The summed E-state index contributed by atoms with van der Waals surface area (Å²) < 4.78 is 5.46. The minimum atomic E-state index is -0.968. The average molecular weight is 305 g/mol. The number of nitrogens with zero attached hydrogens (tertiary/aromatic N) is 1. The highest BCUT2D eigenvalue weighted by atomic mass is 16.5. The first-order chi connectivity index (χ1) is 10.6. The number of carbonyl (C=O) groups is 2. The van der Waals surface area contributed by atoms with Crippen molar-refractivity contribution in [2.75, 3.05) is 26.3 Å². The number of hydrogen-bond donors (Lipinski definition) is 1. The Hall–Kier alpha value is -1.88. The molecule has 22 heavy (non-hydrogen) atoms. The quantitative estimate of drug-likeness (QED) is 0.875. The molecular weight excluding hydrogens is 282 g/mol. The standard InChI is InChI=1S/C17H23NO4/c1-2-22-12-14-6-4-8-18(11-14)16(19)10-13-5-3-7-15(9-13)17(20)21/h3,5,7,9,14H,2,4,6,8,10-12H2,1H3,(H,20,21). The molecule has 5 heteroatoms. The van der Waals surface area contributed by atoms with Crippen molar-refractivity contribution in [3.63, 3.8) is 0 Å². The summed E-state index contributed by atoms with van der Waals surface area (Å²) in [5.74, 6) is -0.504. The second kappa shape index (κ2) is 7.94. The topological polar surface area (TPSA) is 66.8 Å². The van der Waals surface area contributed by atoms with Gasteiger partial charge >= 0.3 is 5.97 Å². The lowest BCUT2D eigenvalue weighted by Gasteiger charge is -2.32. The molecule has 1 fully saturated rings. The van der Waals surface area contributed by atoms with Crippen molar-refractivity contribution in [3.05, 3.63) is 35.4 Å². The molecule has 0 bridgehead atoms. The van der Waals surface area contributed by atoms with Crippen LogP contribution in [0.1, 0.15) is 35.7 Å². The molecule has 0 aliphatic carbocycles. The van der Waals surface area contributed by atoms with Crippen LogP contribution in [0.25, 0.3) is 0 Å². The van der Waals surface area contributed by atoms with Crippen LogP contribution in [-0.2, 0) is 16.0 Å². The number of carboxylic acid groups (broad SMARTS) is 1. The number of ether oxygens (including phenoxy) is 1. The smallest absolute Gasteiger partial charge is 0.335 e. The molecule has 0 spiro atoms. The van der Waals surface area contributed by atoms with Crippen molar-refractivity contribution in [1.82, 2.24) is 4.90 Å². The SMILES string of the molecule is CCOCC1CCCN(C(=O)Cc2cccc(C(=O)O)c2)C1. The summed E-state index contributed by atoms with van der Waals surface area (Å²) in [6.45, 7) is 4.89. The van der Waals surface area contributed by atoms with Gasteiger partial charge in [-0.2, -0.15) is 0 Å². The van der Waals surface area contributed by atoms with E-state index in [9.17, 15) is 9.59 Å². The van der Waals surface area contributed by atoms with Crippen LogP contribution in [0.5, 0.6) is 0 Å². The molecule has 1 aromatic rings. The summed E-state index contributed by atoms with van der Waals surface area (Å²) >= 11 is 0. The van der Waals surface area contributed by atoms with E-state index in [1.54, 1.807) is 18.2 Å². The van der Waals surface area contributed by atoms with Crippen molar-refractivity contribution in [2.24, 2.45) is 5.92 Å². The van der Waals surface area contributed by atoms with E-state index in [2.05, 4.69) is 0 Å². The third-order valence-electron chi connectivity index (χ3n) is 3.96. The lowest BCUT2D eigenvalue weighted by Crippen LogP contribution is -2.42. The van der Waals surface area contributed by atoms with E-state index >= 15 is 0 Å². The Bertz CT molecular complexity index is 529. The molecule has 1 aromatic carbocycles. The molecule has 1 atom stereocenters. The molecule has 1 saturated heterocycles. The summed E-state index contributed by atoms with van der Waals surface area (Å²) in [5, 5.41) is 9.00. The number of piperidine rings is 1.